The first-order valence-corrected chi connectivity index (χ1v) is 16.0. The Morgan fingerprint density at radius 1 is 1.36 bits per heavy atom. The molecule has 3 amide bonds. The Balaban J connectivity index is 1.83. The molecule has 3 rings (SSSR count). The molecule has 122 valence electrons. The Kier molecular flexibility index (Phi) is 4.07. The Morgan fingerprint density at radius 2 is 2.09 bits per heavy atom. The number of carbonyl (C=O) groups is 2. The molecular weight excluding hydrogens is 514 g/mol. The Bertz CT molecular complexity index is 636. The molecule has 0 aromatic rings. The molecule has 0 atom stereocenters. The van der Waals surface area contributed by atoms with Crippen LogP contribution in [0.4, 0.5) is 4.79 Å². The standard InChI is InChI=1S/C12H17I2N6O2/c1-12(2,3)7-5-8-14(13-15-7)10(17-16-8)20-11(22)19(4)6-9(21)18-20/h5,16H,6H2,1-4H3,(H,18,21)/q-1. The van der Waals surface area contributed by atoms with Crippen molar-refractivity contribution in [1.82, 2.24) is 20.8 Å². The van der Waals surface area contributed by atoms with E-state index >= 15 is 0 Å². The van der Waals surface area contributed by atoms with Gasteiger partial charge in [-0.3, -0.25) is 0 Å². The van der Waals surface area contributed by atoms with Crippen LogP contribution in [-0.4, -0.2) is 45.0 Å². The molecule has 0 aromatic carbocycles. The second-order valence-corrected chi connectivity index (χ2v) is 18.3. The number of nitrogens with zero attached hydrogens (tertiary/aromatic N) is 4. The van der Waals surface area contributed by atoms with Crippen LogP contribution in [-0.2, 0) is 4.79 Å². The molecule has 0 aromatic heterocycles. The van der Waals surface area contributed by atoms with Crippen molar-refractivity contribution in [1.29, 1.82) is 0 Å². The van der Waals surface area contributed by atoms with E-state index in [9.17, 15) is 9.59 Å². The summed E-state index contributed by atoms with van der Waals surface area (Å²) in [5, 5.41) is 5.63. The third-order valence-corrected chi connectivity index (χ3v) is 16.4. The summed E-state index contributed by atoms with van der Waals surface area (Å²) < 4.78 is 6.58. The van der Waals surface area contributed by atoms with Crippen molar-refractivity contribution in [3.63, 3.8) is 0 Å². The van der Waals surface area contributed by atoms with Gasteiger partial charge in [0.25, 0.3) is 0 Å². The van der Waals surface area contributed by atoms with Gasteiger partial charge < -0.3 is 0 Å². The summed E-state index contributed by atoms with van der Waals surface area (Å²) in [6.07, 6.45) is 2.07. The van der Waals surface area contributed by atoms with Crippen LogP contribution in [0.2, 0.25) is 0 Å². The van der Waals surface area contributed by atoms with Crippen LogP contribution < -0.4 is 28.4 Å². The van der Waals surface area contributed by atoms with Gasteiger partial charge in [-0.05, 0) is 0 Å². The maximum absolute atomic E-state index is 12.3. The van der Waals surface area contributed by atoms with Gasteiger partial charge in [-0.1, -0.05) is 0 Å². The first-order chi connectivity index (χ1) is 10.3. The molecule has 10 heteroatoms. The van der Waals surface area contributed by atoms with Gasteiger partial charge in [0, 0.05) is 0 Å². The van der Waals surface area contributed by atoms with Crippen LogP contribution in [0, 0.1) is 5.41 Å². The van der Waals surface area contributed by atoms with Gasteiger partial charge in [0.2, 0.25) is 0 Å². The Morgan fingerprint density at radius 3 is 2.77 bits per heavy atom. The number of hydrazone groups is 1. The summed E-state index contributed by atoms with van der Waals surface area (Å²) >= 11 is -2.23. The van der Waals surface area contributed by atoms with Crippen molar-refractivity contribution in [3.8, 4) is 0 Å². The second kappa shape index (κ2) is 5.62. The zero-order chi connectivity index (χ0) is 16.1. The zero-order valence-corrected chi connectivity index (χ0v) is 17.0. The number of nitrogens with one attached hydrogen (secondary N) is 2. The minimum atomic E-state index is -1.79. The number of rotatable bonds is 0. The van der Waals surface area contributed by atoms with Crippen LogP contribution in [0.3, 0.4) is 0 Å². The van der Waals surface area contributed by atoms with E-state index in [1.807, 2.05) is 0 Å². The van der Waals surface area contributed by atoms with Crippen LogP contribution in [0.1, 0.15) is 20.8 Å². The number of allylic oxidation sites excluding steroid dienone is 1. The van der Waals surface area contributed by atoms with Crippen molar-refractivity contribution in [2.24, 2.45) is 13.7 Å². The molecule has 1 saturated heterocycles. The normalized spacial score (nSPS) is 23.8. The first-order valence-electron chi connectivity index (χ1n) is 6.61. The molecule has 0 spiro atoms. The van der Waals surface area contributed by atoms with Crippen LogP contribution >= 0.6 is 15.8 Å². The van der Waals surface area contributed by atoms with E-state index < -0.39 is 33.3 Å². The van der Waals surface area contributed by atoms with Gasteiger partial charge in [-0.25, -0.2) is 0 Å². The van der Waals surface area contributed by atoms with Crippen molar-refractivity contribution in [2.75, 3.05) is 13.6 Å². The topological polar surface area (TPSA) is 89.4 Å². The summed E-state index contributed by atoms with van der Waals surface area (Å²) in [5.74, 6) is -0.202. The number of fused-ring (bicyclic) bond motifs is 1. The average Bonchev–Trinajstić information content (AvgIpc) is 2.84. The molecule has 0 radical (unpaired) electrons. The number of halogens is 2. The third kappa shape index (κ3) is 2.81. The Labute approximate surface area is 142 Å². The molecule has 0 bridgehead atoms. The molecule has 0 unspecified atom stereocenters. The predicted octanol–water partition coefficient (Wildman–Crippen LogP) is -1.97. The molecule has 3 aliphatic rings. The number of amides is 3. The molecule has 0 saturated carbocycles. The molecule has 3 heterocycles. The number of hydrogen-bond acceptors (Lipinski definition) is 5. The van der Waals surface area contributed by atoms with E-state index in [4.69, 9.17) is 3.21 Å². The SMILES string of the molecule is CN1CC(=O)NN(C2=NNC3=CC(C(C)(C)C)=N[I-]I32)C1=O. The second-order valence-electron chi connectivity index (χ2n) is 6.01. The third-order valence-electron chi connectivity index (χ3n) is 3.12. The van der Waals surface area contributed by atoms with Crippen molar-refractivity contribution >= 4 is 37.3 Å². The van der Waals surface area contributed by atoms with E-state index in [0.29, 0.717) is 3.84 Å². The summed E-state index contributed by atoms with van der Waals surface area (Å²) in [5.41, 5.74) is 6.78. The number of urea groups is 1. The quantitative estimate of drug-likeness (QED) is 0.281. The van der Waals surface area contributed by atoms with Crippen LogP contribution in [0.25, 0.3) is 0 Å². The van der Waals surface area contributed by atoms with E-state index in [-0.39, 0.29) is 23.9 Å². The molecule has 22 heavy (non-hydrogen) atoms. The van der Waals surface area contributed by atoms with E-state index in [2.05, 4.69) is 42.8 Å². The van der Waals surface area contributed by atoms with Crippen LogP contribution in [0.15, 0.2) is 18.1 Å². The van der Waals surface area contributed by atoms with Crippen molar-refractivity contribution in [2.45, 2.75) is 20.8 Å². The van der Waals surface area contributed by atoms with Gasteiger partial charge in [0.15, 0.2) is 0 Å². The molecule has 2 N–H and O–H groups in total. The van der Waals surface area contributed by atoms with Gasteiger partial charge in [-0.2, -0.15) is 0 Å². The number of hydrogen-bond donors (Lipinski definition) is 2. The van der Waals surface area contributed by atoms with E-state index in [0.717, 1.165) is 9.42 Å². The van der Waals surface area contributed by atoms with Gasteiger partial charge in [0.05, 0.1) is 0 Å². The first kappa shape index (κ1) is 16.0. The summed E-state index contributed by atoms with van der Waals surface area (Å²) in [4.78, 5) is 25.4. The fourth-order valence-electron chi connectivity index (χ4n) is 1.87. The summed E-state index contributed by atoms with van der Waals surface area (Å²) in [6.45, 7) is 6.48. The number of hydrazine groups is 1. The fraction of sp³-hybridized carbons (Fsp3) is 0.500. The number of carbonyl (C=O) groups excluding carboxylic acids is 2. The van der Waals surface area contributed by atoms with Gasteiger partial charge in [-0.15, -0.1) is 0 Å². The summed E-state index contributed by atoms with van der Waals surface area (Å²) in [7, 11) is 1.61. The van der Waals surface area contributed by atoms with Gasteiger partial charge >= 0.3 is 143 Å². The maximum atomic E-state index is 12.3. The molecule has 3 aliphatic heterocycles. The average molecular weight is 531 g/mol. The monoisotopic (exact) mass is 531 g/mol. The molecule has 1 fully saturated rings. The predicted molar refractivity (Wildman–Crippen MR) is 87.6 cm³/mol. The van der Waals surface area contributed by atoms with E-state index in [1.54, 1.807) is 7.05 Å². The zero-order valence-electron chi connectivity index (χ0n) is 12.6. The number of amidine groups is 1. The van der Waals surface area contributed by atoms with Crippen molar-refractivity contribution < 1.29 is 27.1 Å². The molecule has 0 aliphatic carbocycles. The molecular formula is C12H17I2N6O2-. The van der Waals surface area contributed by atoms with Crippen LogP contribution in [0.5, 0.6) is 0 Å². The summed E-state index contributed by atoms with van der Waals surface area (Å²) in [6, 6.07) is -0.242. The fourth-order valence-corrected chi connectivity index (χ4v) is 14.2. The van der Waals surface area contributed by atoms with E-state index in [1.165, 1.54) is 9.91 Å². The Hall–Kier alpha value is -0.920. The minimum absolute atomic E-state index is 0.00870. The van der Waals surface area contributed by atoms with Gasteiger partial charge in [0.1, 0.15) is 0 Å². The molecule has 8 nitrogen and oxygen atoms in total. The number of likely N-dealkylation sites (N-methyl/N-ethyl adjacent to an activating group) is 1. The van der Waals surface area contributed by atoms with Crippen molar-refractivity contribution in [3.05, 3.63) is 9.78 Å².